The van der Waals surface area contributed by atoms with Gasteiger partial charge in [0.2, 0.25) is 5.91 Å². The van der Waals surface area contributed by atoms with Crippen LogP contribution in [0.1, 0.15) is 20.3 Å². The molecular formula is C25H26FN3O4S2. The molecule has 0 fully saturated rings. The number of carbonyl (C=O) groups is 1. The van der Waals surface area contributed by atoms with Crippen molar-refractivity contribution in [2.75, 3.05) is 24.3 Å². The summed E-state index contributed by atoms with van der Waals surface area (Å²) in [5.74, 6) is -0.933. The minimum Gasteiger partial charge on any atom is -0.353 e. The van der Waals surface area contributed by atoms with Gasteiger partial charge in [-0.25, -0.2) is 9.37 Å². The van der Waals surface area contributed by atoms with Crippen molar-refractivity contribution in [2.45, 2.75) is 38.3 Å². The van der Waals surface area contributed by atoms with Gasteiger partial charge in [0.05, 0.1) is 17.0 Å². The fourth-order valence-electron chi connectivity index (χ4n) is 3.66. The average molecular weight is 516 g/mol. The van der Waals surface area contributed by atoms with Crippen molar-refractivity contribution < 1.29 is 18.7 Å². The fourth-order valence-corrected chi connectivity index (χ4v) is 5.57. The van der Waals surface area contributed by atoms with Gasteiger partial charge in [-0.3, -0.25) is 14.2 Å². The molecule has 2 heterocycles. The number of hydrogen-bond acceptors (Lipinski definition) is 7. The van der Waals surface area contributed by atoms with Crippen molar-refractivity contribution in [3.63, 3.8) is 0 Å². The Morgan fingerprint density at radius 1 is 1.14 bits per heavy atom. The molecule has 0 saturated carbocycles. The largest absolute Gasteiger partial charge is 0.353 e. The number of thiophene rings is 1. The molecule has 2 aromatic carbocycles. The molecular weight excluding hydrogens is 489 g/mol. The molecule has 0 atom stereocenters. The van der Waals surface area contributed by atoms with E-state index in [-0.39, 0.29) is 17.0 Å². The second kappa shape index (κ2) is 11.8. The predicted octanol–water partition coefficient (Wildman–Crippen LogP) is 5.27. The van der Waals surface area contributed by atoms with Crippen LogP contribution in [-0.2, 0) is 20.8 Å². The van der Waals surface area contributed by atoms with Gasteiger partial charge in [-0.1, -0.05) is 42.1 Å². The van der Waals surface area contributed by atoms with Crippen LogP contribution in [0.25, 0.3) is 20.3 Å². The number of nitrogens with one attached hydrogen (secondary N) is 1. The predicted molar refractivity (Wildman–Crippen MR) is 139 cm³/mol. The first-order chi connectivity index (χ1) is 17.0. The van der Waals surface area contributed by atoms with E-state index in [4.69, 9.17) is 14.5 Å². The van der Waals surface area contributed by atoms with Gasteiger partial charge >= 0.3 is 0 Å². The van der Waals surface area contributed by atoms with E-state index in [9.17, 15) is 14.0 Å². The summed E-state index contributed by atoms with van der Waals surface area (Å²) in [4.78, 5) is 30.9. The average Bonchev–Trinajstić information content (AvgIpc) is 3.23. The molecule has 0 radical (unpaired) electrons. The fraction of sp³-hybridized carbons (Fsp3) is 0.320. The summed E-state index contributed by atoms with van der Waals surface area (Å²) in [6.07, 6.45) is 0.00600. The zero-order chi connectivity index (χ0) is 24.8. The molecule has 0 aliphatic rings. The zero-order valence-electron chi connectivity index (χ0n) is 19.5. The Kier molecular flexibility index (Phi) is 8.50. The highest BCUT2D eigenvalue weighted by Crippen LogP contribution is 2.32. The smallest absolute Gasteiger partial charge is 0.272 e. The Morgan fingerprint density at radius 3 is 2.60 bits per heavy atom. The number of rotatable bonds is 11. The standard InChI is InChI=1S/C25H26FN3O4S2/c1-3-32-21(33-4-2)13-14-29-24(31)23-22(16-9-5-8-12-19(16)35-23)28-25(29)34-15-20(30)27-18-11-7-6-10-17(18)26/h5-12,21H,3-4,13-15H2,1-2H3,(H,27,30). The topological polar surface area (TPSA) is 82.5 Å². The summed E-state index contributed by atoms with van der Waals surface area (Å²) >= 11 is 2.55. The molecule has 10 heteroatoms. The lowest BCUT2D eigenvalue weighted by Gasteiger charge is -2.18. The summed E-state index contributed by atoms with van der Waals surface area (Å²) in [5.41, 5.74) is 0.564. The maximum absolute atomic E-state index is 13.9. The second-order valence-electron chi connectivity index (χ2n) is 7.57. The third-order valence-electron chi connectivity index (χ3n) is 5.22. The number of fused-ring (bicyclic) bond motifs is 3. The molecule has 1 amide bonds. The molecule has 1 N–H and O–H groups in total. The molecule has 0 aliphatic heterocycles. The van der Waals surface area contributed by atoms with E-state index in [1.54, 1.807) is 16.7 Å². The first kappa shape index (κ1) is 25.3. The summed E-state index contributed by atoms with van der Waals surface area (Å²) in [6, 6.07) is 13.7. The molecule has 4 aromatic rings. The van der Waals surface area contributed by atoms with Crippen LogP contribution in [0.3, 0.4) is 0 Å². The molecule has 2 aromatic heterocycles. The maximum atomic E-state index is 13.9. The van der Waals surface area contributed by atoms with Crippen molar-refractivity contribution in [2.24, 2.45) is 0 Å². The minimum atomic E-state index is -0.509. The van der Waals surface area contributed by atoms with E-state index in [0.717, 1.165) is 21.8 Å². The van der Waals surface area contributed by atoms with E-state index < -0.39 is 18.0 Å². The van der Waals surface area contributed by atoms with E-state index in [2.05, 4.69) is 5.32 Å². The van der Waals surface area contributed by atoms with E-state index in [0.29, 0.717) is 41.6 Å². The quantitative estimate of drug-likeness (QED) is 0.166. The number of thioether (sulfide) groups is 1. The molecule has 0 bridgehead atoms. The van der Waals surface area contributed by atoms with Crippen LogP contribution in [0.15, 0.2) is 58.5 Å². The van der Waals surface area contributed by atoms with Crippen molar-refractivity contribution in [1.82, 2.24) is 9.55 Å². The van der Waals surface area contributed by atoms with Crippen LogP contribution in [-0.4, -0.2) is 40.7 Å². The number of carbonyl (C=O) groups excluding carboxylic acids is 1. The molecule has 35 heavy (non-hydrogen) atoms. The molecule has 0 aliphatic carbocycles. The molecule has 0 spiro atoms. The molecule has 184 valence electrons. The Hall–Kier alpha value is -2.79. The lowest BCUT2D eigenvalue weighted by Crippen LogP contribution is -2.27. The van der Waals surface area contributed by atoms with Gasteiger partial charge in [-0.15, -0.1) is 11.3 Å². The number of amides is 1. The number of benzene rings is 2. The molecule has 7 nitrogen and oxygen atoms in total. The number of ether oxygens (including phenoxy) is 2. The number of halogens is 1. The van der Waals surface area contributed by atoms with Gasteiger partial charge in [0.25, 0.3) is 5.56 Å². The highest BCUT2D eigenvalue weighted by molar-refractivity contribution is 7.99. The Bertz CT molecular complexity index is 1380. The summed E-state index contributed by atoms with van der Waals surface area (Å²) in [6.45, 7) is 5.07. The van der Waals surface area contributed by atoms with Gasteiger partial charge in [0.15, 0.2) is 11.4 Å². The van der Waals surface area contributed by atoms with Crippen molar-refractivity contribution in [1.29, 1.82) is 0 Å². The van der Waals surface area contributed by atoms with Crippen LogP contribution >= 0.6 is 23.1 Å². The van der Waals surface area contributed by atoms with Crippen molar-refractivity contribution in [3.05, 3.63) is 64.7 Å². The Labute approximate surface area is 210 Å². The van der Waals surface area contributed by atoms with Gasteiger partial charge in [0, 0.05) is 36.3 Å². The van der Waals surface area contributed by atoms with Crippen LogP contribution in [0.5, 0.6) is 0 Å². The molecule has 0 unspecified atom stereocenters. The van der Waals surface area contributed by atoms with Crippen LogP contribution in [0.2, 0.25) is 0 Å². The SMILES string of the molecule is CCOC(CCn1c(SCC(=O)Nc2ccccc2F)nc2c(sc3ccccc32)c1=O)OCC. The maximum Gasteiger partial charge on any atom is 0.272 e. The molecule has 4 rings (SSSR count). The highest BCUT2D eigenvalue weighted by atomic mass is 32.2. The summed E-state index contributed by atoms with van der Waals surface area (Å²) in [5, 5.41) is 3.89. The van der Waals surface area contributed by atoms with Crippen LogP contribution in [0.4, 0.5) is 10.1 Å². The van der Waals surface area contributed by atoms with Gasteiger partial charge in [-0.05, 0) is 32.0 Å². The third-order valence-corrected chi connectivity index (χ3v) is 7.35. The monoisotopic (exact) mass is 515 g/mol. The normalized spacial score (nSPS) is 11.5. The zero-order valence-corrected chi connectivity index (χ0v) is 21.1. The number of aromatic nitrogens is 2. The number of anilines is 1. The summed E-state index contributed by atoms with van der Waals surface area (Å²) < 4.78 is 28.3. The Balaban J connectivity index is 1.64. The van der Waals surface area contributed by atoms with Crippen molar-refractivity contribution in [3.8, 4) is 0 Å². The summed E-state index contributed by atoms with van der Waals surface area (Å²) in [7, 11) is 0. The van der Waals surface area contributed by atoms with Crippen LogP contribution in [0, 0.1) is 5.82 Å². The highest BCUT2D eigenvalue weighted by Gasteiger charge is 2.19. The van der Waals surface area contributed by atoms with Gasteiger partial charge < -0.3 is 14.8 Å². The van der Waals surface area contributed by atoms with E-state index in [1.165, 1.54) is 23.5 Å². The van der Waals surface area contributed by atoms with Crippen molar-refractivity contribution >= 4 is 55.0 Å². The second-order valence-corrected chi connectivity index (χ2v) is 9.57. The van der Waals surface area contributed by atoms with Crippen LogP contribution < -0.4 is 10.9 Å². The number of hydrogen-bond donors (Lipinski definition) is 1. The van der Waals surface area contributed by atoms with E-state index >= 15 is 0 Å². The lowest BCUT2D eigenvalue weighted by molar-refractivity contribution is -0.141. The third kappa shape index (κ3) is 5.90. The first-order valence-electron chi connectivity index (χ1n) is 11.3. The van der Waals surface area contributed by atoms with E-state index in [1.807, 2.05) is 38.1 Å². The Morgan fingerprint density at radius 2 is 1.86 bits per heavy atom. The van der Waals surface area contributed by atoms with Gasteiger partial charge in [-0.2, -0.15) is 0 Å². The number of para-hydroxylation sites is 1. The number of nitrogens with zero attached hydrogens (tertiary/aromatic N) is 2. The lowest BCUT2D eigenvalue weighted by atomic mass is 10.2. The minimum absolute atomic E-state index is 0.0330. The molecule has 0 saturated heterocycles. The first-order valence-corrected chi connectivity index (χ1v) is 13.1. The van der Waals surface area contributed by atoms with Gasteiger partial charge in [0.1, 0.15) is 10.5 Å².